The van der Waals surface area contributed by atoms with Gasteiger partial charge in [-0.3, -0.25) is 14.4 Å². The number of aromatic nitrogens is 3. The molecular formula is C23H26ClN5OS. The maximum Gasteiger partial charge on any atom is 0.223 e. The number of nitrogens with one attached hydrogen (secondary N) is 1. The molecular weight excluding hydrogens is 430 g/mol. The maximum absolute atomic E-state index is 12.8. The molecule has 31 heavy (non-hydrogen) atoms. The van der Waals surface area contributed by atoms with Crippen LogP contribution in [-0.2, 0) is 4.79 Å². The quantitative estimate of drug-likeness (QED) is 0.596. The molecule has 0 aliphatic carbocycles. The Labute approximate surface area is 191 Å². The molecule has 3 aromatic rings. The number of thiophene rings is 1. The Hall–Kier alpha value is -2.51. The lowest BCUT2D eigenvalue weighted by atomic mass is 9.99. The number of fused-ring (bicyclic) bond motifs is 3. The van der Waals surface area contributed by atoms with Crippen molar-refractivity contribution in [2.24, 2.45) is 4.99 Å². The van der Waals surface area contributed by atoms with E-state index in [9.17, 15) is 4.79 Å². The van der Waals surface area contributed by atoms with Gasteiger partial charge in [0.15, 0.2) is 5.82 Å². The average molecular weight is 456 g/mol. The molecule has 1 aromatic carbocycles. The van der Waals surface area contributed by atoms with Gasteiger partial charge in [-0.2, -0.15) is 0 Å². The van der Waals surface area contributed by atoms with Crippen molar-refractivity contribution >= 4 is 34.6 Å². The Kier molecular flexibility index (Phi) is 5.52. The van der Waals surface area contributed by atoms with Gasteiger partial charge >= 0.3 is 0 Å². The molecule has 3 heterocycles. The molecule has 0 radical (unpaired) electrons. The van der Waals surface area contributed by atoms with Gasteiger partial charge in [-0.15, -0.1) is 21.5 Å². The smallest absolute Gasteiger partial charge is 0.223 e. The van der Waals surface area contributed by atoms with E-state index in [0.717, 1.165) is 27.7 Å². The minimum Gasteiger partial charge on any atom is -0.351 e. The van der Waals surface area contributed by atoms with Crippen molar-refractivity contribution < 1.29 is 4.79 Å². The molecule has 8 heteroatoms. The SMILES string of the molecule is Cc1sc2c(c1C)C(c1ccc(Cl)cc1)=N[C@H](CC(=O)NC(C)(C)C)c1nnc(C)n1-2. The molecule has 0 bridgehead atoms. The van der Waals surface area contributed by atoms with Gasteiger partial charge in [0.25, 0.3) is 0 Å². The van der Waals surface area contributed by atoms with E-state index in [2.05, 4.69) is 33.9 Å². The van der Waals surface area contributed by atoms with Gasteiger partial charge in [0, 0.05) is 26.6 Å². The van der Waals surface area contributed by atoms with Crippen LogP contribution in [0.2, 0.25) is 5.02 Å². The van der Waals surface area contributed by atoms with Crippen LogP contribution in [0.1, 0.15) is 66.5 Å². The summed E-state index contributed by atoms with van der Waals surface area (Å²) >= 11 is 7.84. The van der Waals surface area contributed by atoms with Crippen LogP contribution in [0.25, 0.3) is 5.00 Å². The number of hydrogen-bond donors (Lipinski definition) is 1. The Morgan fingerprint density at radius 2 is 1.84 bits per heavy atom. The summed E-state index contributed by atoms with van der Waals surface area (Å²) in [5.41, 5.74) is 3.73. The Balaban J connectivity index is 1.91. The van der Waals surface area contributed by atoms with E-state index in [1.807, 2.05) is 52.0 Å². The molecule has 0 saturated carbocycles. The molecule has 0 fully saturated rings. The Morgan fingerprint density at radius 3 is 2.48 bits per heavy atom. The predicted octanol–water partition coefficient (Wildman–Crippen LogP) is 5.10. The van der Waals surface area contributed by atoms with Crippen LogP contribution in [0.3, 0.4) is 0 Å². The number of halogens is 1. The van der Waals surface area contributed by atoms with Gasteiger partial charge < -0.3 is 5.32 Å². The third-order valence-electron chi connectivity index (χ3n) is 5.25. The number of amides is 1. The summed E-state index contributed by atoms with van der Waals surface area (Å²) in [5, 5.41) is 13.5. The summed E-state index contributed by atoms with van der Waals surface area (Å²) in [7, 11) is 0. The fourth-order valence-corrected chi connectivity index (χ4v) is 5.12. The van der Waals surface area contributed by atoms with E-state index < -0.39 is 6.04 Å². The molecule has 0 spiro atoms. The first-order valence-corrected chi connectivity index (χ1v) is 11.4. The Morgan fingerprint density at radius 1 is 1.16 bits per heavy atom. The summed E-state index contributed by atoms with van der Waals surface area (Å²) in [6.45, 7) is 12.1. The van der Waals surface area contributed by atoms with E-state index in [0.29, 0.717) is 10.8 Å². The minimum atomic E-state index is -0.450. The summed E-state index contributed by atoms with van der Waals surface area (Å²) in [5.74, 6) is 1.40. The van der Waals surface area contributed by atoms with Crippen LogP contribution in [0.15, 0.2) is 29.3 Å². The summed E-state index contributed by atoms with van der Waals surface area (Å²) in [4.78, 5) is 19.2. The molecule has 1 N–H and O–H groups in total. The second-order valence-electron chi connectivity index (χ2n) is 8.91. The molecule has 0 unspecified atom stereocenters. The first-order chi connectivity index (χ1) is 14.5. The van der Waals surface area contributed by atoms with E-state index in [1.54, 1.807) is 11.3 Å². The lowest BCUT2D eigenvalue weighted by Gasteiger charge is -2.21. The molecule has 162 valence electrons. The largest absolute Gasteiger partial charge is 0.351 e. The molecule has 1 aliphatic rings. The molecule has 1 aliphatic heterocycles. The molecule has 0 saturated heterocycles. The highest BCUT2D eigenvalue weighted by Gasteiger charge is 2.32. The average Bonchev–Trinajstić information content (AvgIpc) is 3.14. The molecule has 6 nitrogen and oxygen atoms in total. The van der Waals surface area contributed by atoms with Crippen molar-refractivity contribution in [3.63, 3.8) is 0 Å². The minimum absolute atomic E-state index is 0.0675. The normalized spacial score (nSPS) is 15.7. The van der Waals surface area contributed by atoms with Crippen LogP contribution in [0.4, 0.5) is 0 Å². The fraction of sp³-hybridized carbons (Fsp3) is 0.391. The second kappa shape index (κ2) is 7.88. The number of hydrogen-bond acceptors (Lipinski definition) is 5. The first-order valence-electron chi connectivity index (χ1n) is 10.2. The second-order valence-corrected chi connectivity index (χ2v) is 10.5. The van der Waals surface area contributed by atoms with E-state index in [-0.39, 0.29) is 17.9 Å². The fourth-order valence-electron chi connectivity index (χ4n) is 3.78. The maximum atomic E-state index is 12.8. The van der Waals surface area contributed by atoms with Gasteiger partial charge in [-0.1, -0.05) is 23.7 Å². The monoisotopic (exact) mass is 455 g/mol. The number of carbonyl (C=O) groups is 1. The Bertz CT molecular complexity index is 1180. The highest BCUT2D eigenvalue weighted by Crippen LogP contribution is 2.39. The predicted molar refractivity (Wildman–Crippen MR) is 126 cm³/mol. The zero-order valence-electron chi connectivity index (χ0n) is 18.6. The molecule has 1 atom stereocenters. The molecule has 2 aromatic heterocycles. The van der Waals surface area contributed by atoms with E-state index in [4.69, 9.17) is 16.6 Å². The topological polar surface area (TPSA) is 72.2 Å². The van der Waals surface area contributed by atoms with Crippen LogP contribution in [0.5, 0.6) is 0 Å². The zero-order chi connectivity index (χ0) is 22.5. The van der Waals surface area contributed by atoms with Crippen LogP contribution < -0.4 is 5.32 Å². The summed E-state index contributed by atoms with van der Waals surface area (Å²) in [6.07, 6.45) is 0.194. The van der Waals surface area contributed by atoms with Crippen molar-refractivity contribution in [2.75, 3.05) is 0 Å². The van der Waals surface area contributed by atoms with Crippen molar-refractivity contribution in [1.29, 1.82) is 0 Å². The summed E-state index contributed by atoms with van der Waals surface area (Å²) < 4.78 is 2.06. The number of carbonyl (C=O) groups excluding carboxylic acids is 1. The first kappa shape index (κ1) is 21.7. The van der Waals surface area contributed by atoms with Gasteiger partial charge in [-0.25, -0.2) is 0 Å². The van der Waals surface area contributed by atoms with E-state index >= 15 is 0 Å². The highest BCUT2D eigenvalue weighted by atomic mass is 35.5. The van der Waals surface area contributed by atoms with Crippen molar-refractivity contribution in [2.45, 2.75) is 59.5 Å². The van der Waals surface area contributed by atoms with Gasteiger partial charge in [0.1, 0.15) is 16.9 Å². The standard InChI is InChI=1S/C23H26ClN5OS/c1-12-13(2)31-22-19(12)20(15-7-9-16(24)10-8-15)25-17(11-18(30)26-23(4,5)6)21-28-27-14(3)29(21)22/h7-10,17H,11H2,1-6H3,(H,26,30)/t17-/m1/s1. The number of rotatable bonds is 3. The van der Waals surface area contributed by atoms with Crippen molar-refractivity contribution in [3.05, 3.63) is 62.5 Å². The number of aliphatic imine (C=N–C) groups is 1. The zero-order valence-corrected chi connectivity index (χ0v) is 20.1. The van der Waals surface area contributed by atoms with Crippen LogP contribution in [0, 0.1) is 20.8 Å². The van der Waals surface area contributed by atoms with Crippen molar-refractivity contribution in [3.8, 4) is 5.00 Å². The van der Waals surface area contributed by atoms with E-state index in [1.165, 1.54) is 10.4 Å². The number of benzene rings is 1. The lowest BCUT2D eigenvalue weighted by Crippen LogP contribution is -2.41. The number of aryl methyl sites for hydroxylation is 2. The number of nitrogens with zero attached hydrogens (tertiary/aromatic N) is 4. The van der Waals surface area contributed by atoms with Gasteiger partial charge in [-0.05, 0) is 59.2 Å². The third kappa shape index (κ3) is 4.16. The van der Waals surface area contributed by atoms with Crippen molar-refractivity contribution in [1.82, 2.24) is 20.1 Å². The highest BCUT2D eigenvalue weighted by molar-refractivity contribution is 7.15. The summed E-state index contributed by atoms with van der Waals surface area (Å²) in [6, 6.07) is 7.23. The van der Waals surface area contributed by atoms with Crippen LogP contribution >= 0.6 is 22.9 Å². The van der Waals surface area contributed by atoms with Gasteiger partial charge in [0.2, 0.25) is 5.91 Å². The third-order valence-corrected chi connectivity index (χ3v) is 6.69. The van der Waals surface area contributed by atoms with Crippen LogP contribution in [-0.4, -0.2) is 31.9 Å². The molecule has 4 rings (SSSR count). The molecule has 1 amide bonds. The lowest BCUT2D eigenvalue weighted by molar-refractivity contribution is -0.122. The van der Waals surface area contributed by atoms with Gasteiger partial charge in [0.05, 0.1) is 12.1 Å².